The van der Waals surface area contributed by atoms with Crippen molar-refractivity contribution in [1.29, 1.82) is 0 Å². The van der Waals surface area contributed by atoms with Gasteiger partial charge in [0.1, 0.15) is 11.5 Å². The molecule has 0 amide bonds. The van der Waals surface area contributed by atoms with Crippen LogP contribution in [-0.2, 0) is 0 Å². The van der Waals surface area contributed by atoms with E-state index in [-0.39, 0.29) is 0 Å². The van der Waals surface area contributed by atoms with E-state index in [1.165, 1.54) is 0 Å². The molecule has 0 saturated heterocycles. The average Bonchev–Trinajstić information content (AvgIpc) is 2.61. The first-order valence-electron chi connectivity index (χ1n) is 8.04. The second-order valence-corrected chi connectivity index (χ2v) is 6.10. The average molecular weight is 322 g/mol. The van der Waals surface area contributed by atoms with E-state index < -0.39 is 0 Å². The van der Waals surface area contributed by atoms with E-state index >= 15 is 0 Å². The smallest absolute Gasteiger partial charge is 0.160 e. The van der Waals surface area contributed by atoms with Crippen molar-refractivity contribution in [2.45, 2.75) is 26.7 Å². The highest BCUT2D eigenvalue weighted by molar-refractivity contribution is 5.87. The maximum atomic E-state index is 5.45. The Labute approximate surface area is 142 Å². The van der Waals surface area contributed by atoms with Crippen molar-refractivity contribution in [3.8, 4) is 22.9 Å². The molecule has 3 rings (SSSR count). The number of aromatic nitrogens is 2. The number of methoxy groups -OCH3 is 2. The Bertz CT molecular complexity index is 871. The number of aryl methyl sites for hydroxylation is 1. The maximum absolute atomic E-state index is 5.45. The van der Waals surface area contributed by atoms with Gasteiger partial charge in [0.15, 0.2) is 5.82 Å². The van der Waals surface area contributed by atoms with Crippen LogP contribution in [0.5, 0.6) is 11.5 Å². The van der Waals surface area contributed by atoms with E-state index in [0.29, 0.717) is 5.92 Å². The molecule has 0 radical (unpaired) electrons. The molecule has 0 bridgehead atoms. The molecule has 1 heterocycles. The molecule has 2 aromatic carbocycles. The first kappa shape index (κ1) is 16.2. The number of benzene rings is 2. The first-order valence-corrected chi connectivity index (χ1v) is 8.04. The lowest BCUT2D eigenvalue weighted by molar-refractivity contribution is 0.412. The van der Waals surface area contributed by atoms with Crippen molar-refractivity contribution in [3.63, 3.8) is 0 Å². The van der Waals surface area contributed by atoms with Crippen LogP contribution in [0.2, 0.25) is 0 Å². The molecule has 0 N–H and O–H groups in total. The lowest BCUT2D eigenvalue weighted by Crippen LogP contribution is -2.02. The van der Waals surface area contributed by atoms with Crippen molar-refractivity contribution in [3.05, 3.63) is 47.7 Å². The SMILES string of the molecule is COc1ccc(-c2nc(C(C)C)c3ccc(OC)c(C)c3n2)cc1. The third-order valence-corrected chi connectivity index (χ3v) is 4.22. The zero-order chi connectivity index (χ0) is 17.3. The highest BCUT2D eigenvalue weighted by atomic mass is 16.5. The summed E-state index contributed by atoms with van der Waals surface area (Å²) in [5.41, 5.74) is 4.01. The minimum atomic E-state index is 0.306. The fourth-order valence-corrected chi connectivity index (χ4v) is 2.87. The van der Waals surface area contributed by atoms with E-state index in [2.05, 4.69) is 13.8 Å². The zero-order valence-electron chi connectivity index (χ0n) is 14.8. The Hall–Kier alpha value is -2.62. The van der Waals surface area contributed by atoms with Crippen molar-refractivity contribution < 1.29 is 9.47 Å². The second-order valence-electron chi connectivity index (χ2n) is 6.10. The van der Waals surface area contributed by atoms with Gasteiger partial charge in [0.2, 0.25) is 0 Å². The van der Waals surface area contributed by atoms with E-state index in [1.807, 2.05) is 43.3 Å². The summed E-state index contributed by atoms with van der Waals surface area (Å²) in [6.45, 7) is 6.34. The van der Waals surface area contributed by atoms with Crippen LogP contribution in [0.15, 0.2) is 36.4 Å². The molecule has 0 unspecified atom stereocenters. The largest absolute Gasteiger partial charge is 0.497 e. The van der Waals surface area contributed by atoms with Gasteiger partial charge in [-0.3, -0.25) is 0 Å². The molecule has 3 aromatic rings. The zero-order valence-corrected chi connectivity index (χ0v) is 14.8. The van der Waals surface area contributed by atoms with Crippen molar-refractivity contribution in [2.75, 3.05) is 14.2 Å². The van der Waals surface area contributed by atoms with Crippen LogP contribution in [0.1, 0.15) is 31.0 Å². The van der Waals surface area contributed by atoms with Crippen LogP contribution in [0.3, 0.4) is 0 Å². The molecular formula is C20H22N2O2. The Morgan fingerprint density at radius 2 is 1.58 bits per heavy atom. The summed E-state index contributed by atoms with van der Waals surface area (Å²) in [4.78, 5) is 9.65. The highest BCUT2D eigenvalue weighted by Crippen LogP contribution is 2.32. The molecule has 0 saturated carbocycles. The van der Waals surface area contributed by atoms with Gasteiger partial charge < -0.3 is 9.47 Å². The number of fused-ring (bicyclic) bond motifs is 1. The molecule has 0 aliphatic heterocycles. The Morgan fingerprint density at radius 1 is 0.875 bits per heavy atom. The molecule has 0 spiro atoms. The lowest BCUT2D eigenvalue weighted by Gasteiger charge is -2.14. The fraction of sp³-hybridized carbons (Fsp3) is 0.300. The fourth-order valence-electron chi connectivity index (χ4n) is 2.87. The molecule has 0 aliphatic carbocycles. The quantitative estimate of drug-likeness (QED) is 0.695. The van der Waals surface area contributed by atoms with Gasteiger partial charge in [-0.2, -0.15) is 0 Å². The summed E-state index contributed by atoms with van der Waals surface area (Å²) in [6.07, 6.45) is 0. The summed E-state index contributed by atoms with van der Waals surface area (Å²) < 4.78 is 10.7. The van der Waals surface area contributed by atoms with Crippen molar-refractivity contribution in [2.24, 2.45) is 0 Å². The molecule has 4 nitrogen and oxygen atoms in total. The topological polar surface area (TPSA) is 44.2 Å². The van der Waals surface area contributed by atoms with Gasteiger partial charge in [-0.1, -0.05) is 13.8 Å². The summed E-state index contributed by atoms with van der Waals surface area (Å²) in [5.74, 6) is 2.70. The molecule has 0 atom stereocenters. The summed E-state index contributed by atoms with van der Waals surface area (Å²) in [5, 5.41) is 1.08. The van der Waals surface area contributed by atoms with Crippen LogP contribution >= 0.6 is 0 Å². The third kappa shape index (κ3) is 2.80. The van der Waals surface area contributed by atoms with Crippen LogP contribution in [0.4, 0.5) is 0 Å². The molecule has 4 heteroatoms. The second kappa shape index (κ2) is 6.48. The van der Waals surface area contributed by atoms with Gasteiger partial charge in [0.25, 0.3) is 0 Å². The van der Waals surface area contributed by atoms with Gasteiger partial charge in [0, 0.05) is 16.5 Å². The van der Waals surface area contributed by atoms with Gasteiger partial charge in [-0.05, 0) is 49.2 Å². The lowest BCUT2D eigenvalue weighted by atomic mass is 10.0. The minimum Gasteiger partial charge on any atom is -0.497 e. The maximum Gasteiger partial charge on any atom is 0.160 e. The molecule has 1 aromatic heterocycles. The summed E-state index contributed by atoms with van der Waals surface area (Å²) >= 11 is 0. The summed E-state index contributed by atoms with van der Waals surface area (Å²) in [6, 6.07) is 11.9. The number of ether oxygens (including phenoxy) is 2. The molecule has 0 fully saturated rings. The van der Waals surface area contributed by atoms with E-state index in [0.717, 1.165) is 45.0 Å². The van der Waals surface area contributed by atoms with E-state index in [9.17, 15) is 0 Å². The normalized spacial score (nSPS) is 11.1. The van der Waals surface area contributed by atoms with E-state index in [1.54, 1.807) is 14.2 Å². The molecular weight excluding hydrogens is 300 g/mol. The van der Waals surface area contributed by atoms with Crippen LogP contribution in [-0.4, -0.2) is 24.2 Å². The van der Waals surface area contributed by atoms with Gasteiger partial charge in [0.05, 0.1) is 25.4 Å². The molecule has 124 valence electrons. The van der Waals surface area contributed by atoms with E-state index in [4.69, 9.17) is 19.4 Å². The predicted molar refractivity (Wildman–Crippen MR) is 96.9 cm³/mol. The van der Waals surface area contributed by atoms with Crippen molar-refractivity contribution in [1.82, 2.24) is 9.97 Å². The Kier molecular flexibility index (Phi) is 4.38. The third-order valence-electron chi connectivity index (χ3n) is 4.22. The Balaban J connectivity index is 2.26. The molecule has 0 aliphatic rings. The minimum absolute atomic E-state index is 0.306. The van der Waals surface area contributed by atoms with Gasteiger partial charge >= 0.3 is 0 Å². The standard InChI is InChI=1S/C20H22N2O2/c1-12(2)18-16-10-11-17(24-5)13(3)19(16)22-20(21-18)14-6-8-15(23-4)9-7-14/h6-12H,1-5H3. The summed E-state index contributed by atoms with van der Waals surface area (Å²) in [7, 11) is 3.34. The monoisotopic (exact) mass is 322 g/mol. The van der Waals surface area contributed by atoms with Gasteiger partial charge in [-0.25, -0.2) is 9.97 Å². The first-order chi connectivity index (χ1) is 11.5. The van der Waals surface area contributed by atoms with Gasteiger partial charge in [-0.15, -0.1) is 0 Å². The number of hydrogen-bond acceptors (Lipinski definition) is 4. The number of hydrogen-bond donors (Lipinski definition) is 0. The molecule has 24 heavy (non-hydrogen) atoms. The van der Waals surface area contributed by atoms with Crippen LogP contribution < -0.4 is 9.47 Å². The number of rotatable bonds is 4. The van der Waals surface area contributed by atoms with Crippen LogP contribution in [0.25, 0.3) is 22.3 Å². The van der Waals surface area contributed by atoms with Crippen LogP contribution in [0, 0.1) is 6.92 Å². The highest BCUT2D eigenvalue weighted by Gasteiger charge is 2.15. The Morgan fingerprint density at radius 3 is 2.17 bits per heavy atom. The number of nitrogens with zero attached hydrogens (tertiary/aromatic N) is 2. The van der Waals surface area contributed by atoms with Crippen molar-refractivity contribution >= 4 is 10.9 Å². The predicted octanol–water partition coefficient (Wildman–Crippen LogP) is 4.75.